The van der Waals surface area contributed by atoms with Gasteiger partial charge in [-0.3, -0.25) is 14.4 Å². The van der Waals surface area contributed by atoms with Crippen LogP contribution in [0.5, 0.6) is 11.5 Å². The summed E-state index contributed by atoms with van der Waals surface area (Å²) in [5, 5.41) is 2.97. The molecule has 0 saturated heterocycles. The maximum absolute atomic E-state index is 12.1. The van der Waals surface area contributed by atoms with Gasteiger partial charge in [0, 0.05) is 22.2 Å². The number of carbonyl (C=O) groups is 3. The van der Waals surface area contributed by atoms with Crippen molar-refractivity contribution in [2.24, 2.45) is 16.7 Å². The molecular weight excluding hydrogens is 811 g/mol. The summed E-state index contributed by atoms with van der Waals surface area (Å²) in [5.41, 5.74) is 6.68. The topological polar surface area (TPSA) is 100 Å². The molecule has 65 heavy (non-hydrogen) atoms. The largest absolute Gasteiger partial charge is 0.489 e. The van der Waals surface area contributed by atoms with Crippen molar-refractivity contribution in [2.75, 3.05) is 31.7 Å². The van der Waals surface area contributed by atoms with Gasteiger partial charge in [-0.2, -0.15) is 0 Å². The van der Waals surface area contributed by atoms with Gasteiger partial charge in [-0.05, 0) is 79.6 Å². The van der Waals surface area contributed by atoms with Crippen LogP contribution in [0.25, 0.3) is 33.4 Å². The molecule has 1 unspecified atom stereocenters. The number of benzene rings is 6. The molecule has 0 fully saturated rings. The number of nitrogens with one attached hydrogen (secondary N) is 1. The van der Waals surface area contributed by atoms with Gasteiger partial charge in [0.1, 0.15) is 37.9 Å². The zero-order chi connectivity index (χ0) is 47.1. The van der Waals surface area contributed by atoms with E-state index in [1.54, 1.807) is 0 Å². The molecule has 1 amide bonds. The molecule has 0 aromatic heterocycles. The molecule has 0 aliphatic carbocycles. The Bertz CT molecular complexity index is 2330. The van der Waals surface area contributed by atoms with E-state index in [2.05, 4.69) is 17.4 Å². The number of hydrogen-bond acceptors (Lipinski definition) is 7. The second-order valence-electron chi connectivity index (χ2n) is 16.9. The van der Waals surface area contributed by atoms with Crippen LogP contribution < -0.4 is 14.8 Å². The summed E-state index contributed by atoms with van der Waals surface area (Å²) in [7, 11) is 0. The van der Waals surface area contributed by atoms with E-state index in [4.69, 9.17) is 18.9 Å². The smallest absolute Gasteiger partial charge is 0.311 e. The lowest BCUT2D eigenvalue weighted by atomic mass is 9.89. The third kappa shape index (κ3) is 16.4. The highest BCUT2D eigenvalue weighted by Gasteiger charge is 2.27. The molecule has 0 saturated carbocycles. The molecule has 1 N–H and O–H groups in total. The monoisotopic (exact) mass is 877 g/mol. The van der Waals surface area contributed by atoms with Crippen LogP contribution in [0.4, 0.5) is 5.69 Å². The molecule has 6 rings (SSSR count). The van der Waals surface area contributed by atoms with Crippen molar-refractivity contribution in [3.63, 3.8) is 0 Å². The highest BCUT2D eigenvalue weighted by Crippen LogP contribution is 2.31. The average Bonchev–Trinajstić information content (AvgIpc) is 3.35. The summed E-state index contributed by atoms with van der Waals surface area (Å²) in [5.74, 6) is 1.25. The van der Waals surface area contributed by atoms with Crippen LogP contribution in [-0.4, -0.2) is 44.3 Å². The second kappa shape index (κ2) is 26.2. The Morgan fingerprint density at radius 3 is 1.32 bits per heavy atom. The SMILES string of the molecule is CCC(C)(C)C(=O)Nc1ccc(-c2ccccc2)cc1.CCC(C)(C)C(=O)OCCOc1ccccc1-c1ccccc1.CCC(C)C(=O)OCCOc1ccccc1-c1ccccc1. The van der Waals surface area contributed by atoms with Gasteiger partial charge in [-0.1, -0.05) is 181 Å². The van der Waals surface area contributed by atoms with E-state index in [0.717, 1.165) is 64.3 Å². The summed E-state index contributed by atoms with van der Waals surface area (Å²) in [4.78, 5) is 35.6. The molecule has 0 aliphatic rings. The molecule has 0 spiro atoms. The van der Waals surface area contributed by atoms with Crippen LogP contribution in [0.2, 0.25) is 0 Å². The van der Waals surface area contributed by atoms with Gasteiger partial charge in [0.15, 0.2) is 0 Å². The predicted molar refractivity (Wildman–Crippen MR) is 265 cm³/mol. The number of amides is 1. The minimum absolute atomic E-state index is 0.0587. The molecule has 0 bridgehead atoms. The van der Waals surface area contributed by atoms with Crippen molar-refractivity contribution >= 4 is 23.5 Å². The first-order valence-corrected chi connectivity index (χ1v) is 22.6. The molecule has 6 aromatic carbocycles. The number of anilines is 1. The Kier molecular flexibility index (Phi) is 20.5. The van der Waals surface area contributed by atoms with Crippen LogP contribution >= 0.6 is 0 Å². The van der Waals surface area contributed by atoms with Crippen LogP contribution in [0.15, 0.2) is 164 Å². The van der Waals surface area contributed by atoms with Crippen LogP contribution in [0.3, 0.4) is 0 Å². The average molecular weight is 878 g/mol. The minimum Gasteiger partial charge on any atom is -0.489 e. The fourth-order valence-electron chi connectivity index (χ4n) is 5.96. The zero-order valence-electron chi connectivity index (χ0n) is 39.5. The number of esters is 2. The van der Waals surface area contributed by atoms with Gasteiger partial charge in [-0.15, -0.1) is 0 Å². The van der Waals surface area contributed by atoms with Crippen molar-refractivity contribution in [3.05, 3.63) is 164 Å². The fourth-order valence-corrected chi connectivity index (χ4v) is 5.96. The van der Waals surface area contributed by atoms with Crippen LogP contribution in [-0.2, 0) is 23.9 Å². The second-order valence-corrected chi connectivity index (χ2v) is 16.9. The first-order valence-electron chi connectivity index (χ1n) is 22.6. The van der Waals surface area contributed by atoms with Crippen LogP contribution in [0, 0.1) is 16.7 Å². The van der Waals surface area contributed by atoms with Crippen molar-refractivity contribution in [1.82, 2.24) is 0 Å². The highest BCUT2D eigenvalue weighted by molar-refractivity contribution is 5.95. The Labute approximate surface area is 387 Å². The lowest BCUT2D eigenvalue weighted by molar-refractivity contribution is -0.154. The molecule has 342 valence electrons. The molecule has 0 heterocycles. The summed E-state index contributed by atoms with van der Waals surface area (Å²) in [6, 6.07) is 54.1. The summed E-state index contributed by atoms with van der Waals surface area (Å²) < 4.78 is 22.1. The maximum Gasteiger partial charge on any atom is 0.311 e. The van der Waals surface area contributed by atoms with Gasteiger partial charge in [0.05, 0.1) is 11.3 Å². The van der Waals surface area contributed by atoms with Crippen molar-refractivity contribution < 1.29 is 33.3 Å². The van der Waals surface area contributed by atoms with Crippen molar-refractivity contribution in [3.8, 4) is 44.9 Å². The summed E-state index contributed by atoms with van der Waals surface area (Å²) >= 11 is 0. The Balaban J connectivity index is 0.000000214. The van der Waals surface area contributed by atoms with Gasteiger partial charge in [-0.25, -0.2) is 0 Å². The zero-order valence-corrected chi connectivity index (χ0v) is 39.5. The van der Waals surface area contributed by atoms with Gasteiger partial charge in [0.25, 0.3) is 0 Å². The van der Waals surface area contributed by atoms with E-state index in [1.165, 1.54) is 5.56 Å². The third-order valence-corrected chi connectivity index (χ3v) is 11.3. The van der Waals surface area contributed by atoms with Gasteiger partial charge < -0.3 is 24.3 Å². The lowest BCUT2D eigenvalue weighted by Crippen LogP contribution is -2.29. The van der Waals surface area contributed by atoms with Gasteiger partial charge in [0.2, 0.25) is 5.91 Å². The van der Waals surface area contributed by atoms with E-state index in [9.17, 15) is 14.4 Å². The number of ether oxygens (including phenoxy) is 4. The molecular formula is C57H67NO7. The Hall–Kier alpha value is -6.67. The molecule has 0 radical (unpaired) electrons. The number of hydrogen-bond donors (Lipinski definition) is 1. The molecule has 8 heteroatoms. The maximum atomic E-state index is 12.1. The third-order valence-electron chi connectivity index (χ3n) is 11.3. The van der Waals surface area contributed by atoms with E-state index in [0.29, 0.717) is 13.2 Å². The first kappa shape index (κ1) is 51.0. The number of para-hydroxylation sites is 2. The van der Waals surface area contributed by atoms with Crippen LogP contribution in [0.1, 0.15) is 74.7 Å². The first-order chi connectivity index (χ1) is 31.3. The normalized spacial score (nSPS) is 11.3. The van der Waals surface area contributed by atoms with E-state index in [1.807, 2.05) is 207 Å². The van der Waals surface area contributed by atoms with E-state index >= 15 is 0 Å². The Morgan fingerprint density at radius 2 is 0.877 bits per heavy atom. The molecule has 8 nitrogen and oxygen atoms in total. The number of carbonyl (C=O) groups excluding carboxylic acids is 3. The highest BCUT2D eigenvalue weighted by atomic mass is 16.6. The minimum atomic E-state index is -0.443. The van der Waals surface area contributed by atoms with Crippen molar-refractivity contribution in [2.45, 2.75) is 74.7 Å². The standard InChI is InChI=1S/C20H24O3.C19H22O3.C18H21NO/c1-4-20(2,3)19(21)23-15-14-22-18-13-9-8-12-17(18)16-10-6-5-7-11-16;1-3-15(2)19(20)22-14-13-21-18-12-8-7-11-17(18)16-9-5-4-6-10-16;1-4-18(2,3)17(20)19-16-12-10-15(11-13-16)14-8-6-5-7-9-14/h5-13H,4,14-15H2,1-3H3;4-12,15H,3,13-14H2,1-2H3;5-13H,4H2,1-3H3,(H,19,20). The molecule has 0 aliphatic heterocycles. The van der Waals surface area contributed by atoms with E-state index < -0.39 is 5.41 Å². The molecule has 1 atom stereocenters. The lowest BCUT2D eigenvalue weighted by Gasteiger charge is -2.21. The molecule has 6 aromatic rings. The van der Waals surface area contributed by atoms with E-state index in [-0.39, 0.29) is 42.4 Å². The summed E-state index contributed by atoms with van der Waals surface area (Å²) in [6.07, 6.45) is 2.36. The Morgan fingerprint density at radius 1 is 0.477 bits per heavy atom. The predicted octanol–water partition coefficient (Wildman–Crippen LogP) is 13.8. The quantitative estimate of drug-likeness (QED) is 0.0678. The number of rotatable bonds is 18. The fraction of sp³-hybridized carbons (Fsp3) is 0.316. The van der Waals surface area contributed by atoms with Crippen molar-refractivity contribution in [1.29, 1.82) is 0 Å². The summed E-state index contributed by atoms with van der Waals surface area (Å²) in [6.45, 7) is 16.8. The van der Waals surface area contributed by atoms with Gasteiger partial charge >= 0.3 is 11.9 Å².